The summed E-state index contributed by atoms with van der Waals surface area (Å²) >= 11 is 0. The summed E-state index contributed by atoms with van der Waals surface area (Å²) in [6.07, 6.45) is 3.83. The van der Waals surface area contributed by atoms with Gasteiger partial charge in [0.1, 0.15) is 11.4 Å². The van der Waals surface area contributed by atoms with Gasteiger partial charge in [-0.05, 0) is 37.1 Å². The first-order valence-electron chi connectivity index (χ1n) is 7.63. The Morgan fingerprint density at radius 3 is 3.04 bits per heavy atom. The Morgan fingerprint density at radius 2 is 2.13 bits per heavy atom. The third kappa shape index (κ3) is 2.45. The van der Waals surface area contributed by atoms with E-state index in [2.05, 4.69) is 5.32 Å². The average molecular weight is 315 g/mol. The zero-order chi connectivity index (χ0) is 15.9. The van der Waals surface area contributed by atoms with Crippen LogP contribution >= 0.6 is 0 Å². The molecular formula is C17H17NO5. The molecule has 1 unspecified atom stereocenters. The van der Waals surface area contributed by atoms with Crippen LogP contribution in [0.15, 0.2) is 34.9 Å². The fourth-order valence-electron chi connectivity index (χ4n) is 3.17. The van der Waals surface area contributed by atoms with Crippen molar-refractivity contribution >= 4 is 5.91 Å². The molecular weight excluding hydrogens is 298 g/mol. The number of benzene rings is 1. The van der Waals surface area contributed by atoms with Crippen LogP contribution in [-0.2, 0) is 12.0 Å². The molecule has 2 heterocycles. The largest absolute Gasteiger partial charge is 0.469 e. The number of rotatable bonds is 3. The van der Waals surface area contributed by atoms with Crippen LogP contribution in [0.3, 0.4) is 0 Å². The molecule has 0 bridgehead atoms. The molecule has 4 rings (SSSR count). The Labute approximate surface area is 133 Å². The van der Waals surface area contributed by atoms with Crippen LogP contribution in [0, 0.1) is 0 Å². The minimum Gasteiger partial charge on any atom is -0.469 e. The Bertz CT molecular complexity index is 753. The maximum atomic E-state index is 12.3. The normalized spacial score (nSPS) is 21.8. The van der Waals surface area contributed by atoms with E-state index in [0.717, 1.165) is 24.2 Å². The van der Waals surface area contributed by atoms with Gasteiger partial charge in [-0.15, -0.1) is 0 Å². The fourth-order valence-corrected chi connectivity index (χ4v) is 3.17. The SMILES string of the molecule is O=C(NCC1(O)CCCc2occc21)c1ccc2c(c1)OCO2. The fraction of sp³-hybridized carbons (Fsp3) is 0.353. The molecule has 1 aliphatic heterocycles. The molecule has 2 aromatic rings. The van der Waals surface area contributed by atoms with Gasteiger partial charge in [0.05, 0.1) is 12.8 Å². The van der Waals surface area contributed by atoms with Crippen molar-refractivity contribution in [2.24, 2.45) is 0 Å². The van der Waals surface area contributed by atoms with Crippen molar-refractivity contribution in [3.63, 3.8) is 0 Å². The molecule has 0 spiro atoms. The number of fused-ring (bicyclic) bond motifs is 2. The summed E-state index contributed by atoms with van der Waals surface area (Å²) in [6, 6.07) is 6.81. The highest BCUT2D eigenvalue weighted by Gasteiger charge is 2.36. The lowest BCUT2D eigenvalue weighted by molar-refractivity contribution is 0.0169. The third-order valence-corrected chi connectivity index (χ3v) is 4.42. The van der Waals surface area contributed by atoms with Crippen LogP contribution in [-0.4, -0.2) is 24.4 Å². The van der Waals surface area contributed by atoms with Gasteiger partial charge in [0.2, 0.25) is 6.79 Å². The smallest absolute Gasteiger partial charge is 0.251 e. The summed E-state index contributed by atoms with van der Waals surface area (Å²) in [5.74, 6) is 1.74. The van der Waals surface area contributed by atoms with Gasteiger partial charge in [0.25, 0.3) is 5.91 Å². The number of hydrogen-bond donors (Lipinski definition) is 2. The van der Waals surface area contributed by atoms with Crippen molar-refractivity contribution < 1.29 is 23.8 Å². The Morgan fingerprint density at radius 1 is 1.26 bits per heavy atom. The predicted molar refractivity (Wildman–Crippen MR) is 80.4 cm³/mol. The zero-order valence-electron chi connectivity index (χ0n) is 12.5. The van der Waals surface area contributed by atoms with Crippen LogP contribution in [0.4, 0.5) is 0 Å². The molecule has 120 valence electrons. The van der Waals surface area contributed by atoms with Gasteiger partial charge >= 0.3 is 0 Å². The maximum absolute atomic E-state index is 12.3. The monoisotopic (exact) mass is 315 g/mol. The quantitative estimate of drug-likeness (QED) is 0.905. The zero-order valence-corrected chi connectivity index (χ0v) is 12.5. The van der Waals surface area contributed by atoms with E-state index in [1.807, 2.05) is 0 Å². The Kier molecular flexibility index (Phi) is 3.27. The van der Waals surface area contributed by atoms with Crippen LogP contribution in [0.25, 0.3) is 0 Å². The molecule has 2 N–H and O–H groups in total. The molecule has 23 heavy (non-hydrogen) atoms. The molecule has 1 atom stereocenters. The first-order valence-corrected chi connectivity index (χ1v) is 7.63. The third-order valence-electron chi connectivity index (χ3n) is 4.42. The minimum atomic E-state index is -1.08. The molecule has 1 aromatic carbocycles. The van der Waals surface area contributed by atoms with Gasteiger partial charge in [-0.3, -0.25) is 4.79 Å². The number of ether oxygens (including phenoxy) is 2. The number of aliphatic hydroxyl groups is 1. The van der Waals surface area contributed by atoms with E-state index in [9.17, 15) is 9.90 Å². The van der Waals surface area contributed by atoms with E-state index in [1.54, 1.807) is 30.5 Å². The molecule has 2 aliphatic rings. The number of carbonyl (C=O) groups excluding carboxylic acids is 1. The second-order valence-corrected chi connectivity index (χ2v) is 5.89. The molecule has 1 amide bonds. The van der Waals surface area contributed by atoms with E-state index < -0.39 is 5.60 Å². The van der Waals surface area contributed by atoms with Crippen molar-refractivity contribution in [3.8, 4) is 11.5 Å². The average Bonchev–Trinajstić information content (AvgIpc) is 3.21. The van der Waals surface area contributed by atoms with Gasteiger partial charge in [0, 0.05) is 17.5 Å². The second kappa shape index (κ2) is 5.31. The van der Waals surface area contributed by atoms with Gasteiger partial charge in [-0.2, -0.15) is 0 Å². The molecule has 0 saturated carbocycles. The number of nitrogens with one attached hydrogen (secondary N) is 1. The van der Waals surface area contributed by atoms with E-state index in [1.165, 1.54) is 0 Å². The second-order valence-electron chi connectivity index (χ2n) is 5.89. The summed E-state index contributed by atoms with van der Waals surface area (Å²) in [7, 11) is 0. The van der Waals surface area contributed by atoms with E-state index in [4.69, 9.17) is 13.9 Å². The van der Waals surface area contributed by atoms with E-state index >= 15 is 0 Å². The molecule has 0 radical (unpaired) electrons. The number of aryl methyl sites for hydroxylation is 1. The summed E-state index contributed by atoms with van der Waals surface area (Å²) in [5.41, 5.74) is 0.169. The number of amides is 1. The van der Waals surface area contributed by atoms with Crippen molar-refractivity contribution in [2.75, 3.05) is 13.3 Å². The molecule has 0 fully saturated rings. The highest BCUT2D eigenvalue weighted by Crippen LogP contribution is 2.36. The highest BCUT2D eigenvalue weighted by molar-refractivity contribution is 5.95. The number of hydrogen-bond acceptors (Lipinski definition) is 5. The minimum absolute atomic E-state index is 0.146. The van der Waals surface area contributed by atoms with Crippen molar-refractivity contribution in [1.29, 1.82) is 0 Å². The van der Waals surface area contributed by atoms with Crippen molar-refractivity contribution in [1.82, 2.24) is 5.32 Å². The van der Waals surface area contributed by atoms with E-state index in [-0.39, 0.29) is 19.2 Å². The van der Waals surface area contributed by atoms with Crippen LogP contribution in [0.2, 0.25) is 0 Å². The van der Waals surface area contributed by atoms with Gasteiger partial charge in [-0.25, -0.2) is 0 Å². The highest BCUT2D eigenvalue weighted by atomic mass is 16.7. The van der Waals surface area contributed by atoms with Crippen molar-refractivity contribution in [2.45, 2.75) is 24.9 Å². The predicted octanol–water partition coefficient (Wildman–Crippen LogP) is 1.96. The summed E-state index contributed by atoms with van der Waals surface area (Å²) in [6.45, 7) is 0.316. The Hall–Kier alpha value is -2.47. The summed E-state index contributed by atoms with van der Waals surface area (Å²) in [4.78, 5) is 12.3. The van der Waals surface area contributed by atoms with Gasteiger partial charge in [-0.1, -0.05) is 0 Å². The van der Waals surface area contributed by atoms with Crippen LogP contribution in [0.5, 0.6) is 11.5 Å². The van der Waals surface area contributed by atoms with Crippen LogP contribution < -0.4 is 14.8 Å². The summed E-state index contributed by atoms with van der Waals surface area (Å²) < 4.78 is 15.9. The number of carbonyl (C=O) groups is 1. The Balaban J connectivity index is 1.48. The lowest BCUT2D eigenvalue weighted by atomic mass is 9.83. The van der Waals surface area contributed by atoms with Gasteiger partial charge in [0.15, 0.2) is 11.5 Å². The molecule has 1 aliphatic carbocycles. The molecule has 6 nitrogen and oxygen atoms in total. The maximum Gasteiger partial charge on any atom is 0.251 e. The lowest BCUT2D eigenvalue weighted by Crippen LogP contribution is -2.42. The van der Waals surface area contributed by atoms with Crippen LogP contribution in [0.1, 0.15) is 34.5 Å². The molecule has 1 aromatic heterocycles. The molecule has 6 heteroatoms. The van der Waals surface area contributed by atoms with Gasteiger partial charge < -0.3 is 24.3 Å². The molecule has 0 saturated heterocycles. The lowest BCUT2D eigenvalue weighted by Gasteiger charge is -2.31. The number of furan rings is 1. The first-order chi connectivity index (χ1) is 11.2. The van der Waals surface area contributed by atoms with Crippen molar-refractivity contribution in [3.05, 3.63) is 47.4 Å². The summed E-state index contributed by atoms with van der Waals surface area (Å²) in [5, 5.41) is 13.6. The first kappa shape index (κ1) is 14.1. The standard InChI is InChI=1S/C17H17NO5/c19-16(11-3-4-14-15(8-11)23-10-22-14)18-9-17(20)6-1-2-13-12(17)5-7-21-13/h3-5,7-8,20H,1-2,6,9-10H2,(H,18,19). The van der Waals surface area contributed by atoms with E-state index in [0.29, 0.717) is 23.5 Å². The topological polar surface area (TPSA) is 80.9 Å².